The number of aliphatic imine (C=N–C) groups is 1. The molecule has 0 radical (unpaired) electrons. The van der Waals surface area contributed by atoms with E-state index in [1.807, 2.05) is 18.9 Å². The number of amides is 1. The van der Waals surface area contributed by atoms with E-state index in [0.29, 0.717) is 12.4 Å². The van der Waals surface area contributed by atoms with Crippen LogP contribution in [0.15, 0.2) is 29.3 Å². The lowest BCUT2D eigenvalue weighted by Crippen LogP contribution is -2.57. The first-order valence-electron chi connectivity index (χ1n) is 11.5. The van der Waals surface area contributed by atoms with Crippen molar-refractivity contribution < 1.29 is 13.9 Å². The van der Waals surface area contributed by atoms with Gasteiger partial charge in [-0.2, -0.15) is 0 Å². The van der Waals surface area contributed by atoms with Gasteiger partial charge in [0.05, 0.1) is 12.6 Å². The smallest absolute Gasteiger partial charge is 0.239 e. The predicted molar refractivity (Wildman–Crippen MR) is 121 cm³/mol. The maximum absolute atomic E-state index is 12.9. The number of piperazine rings is 1. The fourth-order valence-electron chi connectivity index (χ4n) is 4.16. The number of rotatable bonds is 8. The van der Waals surface area contributed by atoms with Crippen LogP contribution in [-0.4, -0.2) is 92.1 Å². The van der Waals surface area contributed by atoms with E-state index in [0.717, 1.165) is 77.5 Å². The van der Waals surface area contributed by atoms with Crippen molar-refractivity contribution in [3.63, 3.8) is 0 Å². The number of halogens is 1. The fourth-order valence-corrected chi connectivity index (χ4v) is 4.16. The average molecular weight is 434 g/mol. The van der Waals surface area contributed by atoms with Gasteiger partial charge in [0, 0.05) is 52.9 Å². The Morgan fingerprint density at radius 1 is 1.06 bits per heavy atom. The Morgan fingerprint density at radius 3 is 2.39 bits per heavy atom. The minimum atomic E-state index is -0.253. The number of carbonyl (C=O) groups excluding carboxylic acids is 1. The summed E-state index contributed by atoms with van der Waals surface area (Å²) in [7, 11) is 1.81. The van der Waals surface area contributed by atoms with Gasteiger partial charge in [-0.25, -0.2) is 4.39 Å². The van der Waals surface area contributed by atoms with E-state index in [2.05, 4.69) is 20.1 Å². The summed E-state index contributed by atoms with van der Waals surface area (Å²) in [6, 6.07) is 6.06. The number of benzene rings is 1. The minimum absolute atomic E-state index is 0.0451. The van der Waals surface area contributed by atoms with Crippen molar-refractivity contribution in [3.8, 4) is 5.75 Å². The summed E-state index contributed by atoms with van der Waals surface area (Å²) in [6.45, 7) is 8.76. The van der Waals surface area contributed by atoms with Crippen LogP contribution >= 0.6 is 0 Å². The van der Waals surface area contributed by atoms with Crippen molar-refractivity contribution in [3.05, 3.63) is 30.1 Å². The number of likely N-dealkylation sites (tertiary alicyclic amines) is 1. The lowest BCUT2D eigenvalue weighted by Gasteiger charge is -2.39. The topological polar surface area (TPSA) is 60.4 Å². The molecule has 7 nitrogen and oxygen atoms in total. The highest BCUT2D eigenvalue weighted by molar-refractivity contribution is 5.82. The molecule has 1 amide bonds. The lowest BCUT2D eigenvalue weighted by atomic mass is 10.2. The molecule has 1 N–H and O–H groups in total. The van der Waals surface area contributed by atoms with Gasteiger partial charge in [0.15, 0.2) is 5.96 Å². The fraction of sp³-hybridized carbons (Fsp3) is 0.652. The third-order valence-corrected chi connectivity index (χ3v) is 6.09. The number of guanidine groups is 1. The first-order valence-corrected chi connectivity index (χ1v) is 11.5. The number of carbonyl (C=O) groups is 1. The van der Waals surface area contributed by atoms with Gasteiger partial charge in [-0.1, -0.05) is 0 Å². The molecule has 1 aromatic rings. The number of hydrogen-bond donors (Lipinski definition) is 1. The van der Waals surface area contributed by atoms with Crippen LogP contribution in [0, 0.1) is 5.82 Å². The highest BCUT2D eigenvalue weighted by Gasteiger charge is 2.30. The van der Waals surface area contributed by atoms with Gasteiger partial charge in [0.1, 0.15) is 11.6 Å². The molecule has 8 heteroatoms. The second kappa shape index (κ2) is 11.9. The molecule has 0 aliphatic carbocycles. The molecule has 1 unspecified atom stereocenters. The Bertz CT molecular complexity index is 713. The molecule has 0 aromatic heterocycles. The number of ether oxygens (including phenoxy) is 1. The van der Waals surface area contributed by atoms with Crippen molar-refractivity contribution in [1.82, 2.24) is 20.0 Å². The van der Waals surface area contributed by atoms with E-state index in [4.69, 9.17) is 4.74 Å². The van der Waals surface area contributed by atoms with Gasteiger partial charge >= 0.3 is 0 Å². The molecule has 31 heavy (non-hydrogen) atoms. The van der Waals surface area contributed by atoms with Crippen molar-refractivity contribution in [1.29, 1.82) is 0 Å². The largest absolute Gasteiger partial charge is 0.494 e. The zero-order valence-corrected chi connectivity index (χ0v) is 18.9. The third kappa shape index (κ3) is 6.82. The molecule has 0 saturated carbocycles. The SMILES string of the molecule is CN=C(NCCCCOc1ccc(F)cc1)N1CCN(C(C)C(=O)N2CCCC2)CC1. The summed E-state index contributed by atoms with van der Waals surface area (Å²) < 4.78 is 18.5. The van der Waals surface area contributed by atoms with Crippen molar-refractivity contribution in [2.75, 3.05) is 59.5 Å². The lowest BCUT2D eigenvalue weighted by molar-refractivity contribution is -0.135. The van der Waals surface area contributed by atoms with Gasteiger partial charge in [-0.15, -0.1) is 0 Å². The first-order chi connectivity index (χ1) is 15.1. The van der Waals surface area contributed by atoms with E-state index < -0.39 is 0 Å². The summed E-state index contributed by atoms with van der Waals surface area (Å²) in [6.07, 6.45) is 4.13. The quantitative estimate of drug-likeness (QED) is 0.387. The molecule has 1 atom stereocenters. The van der Waals surface area contributed by atoms with Gasteiger partial charge in [-0.05, 0) is 56.9 Å². The summed E-state index contributed by atoms with van der Waals surface area (Å²) in [5, 5.41) is 3.43. The molecule has 0 bridgehead atoms. The Labute approximate surface area is 185 Å². The molecule has 2 aliphatic rings. The van der Waals surface area contributed by atoms with Crippen LogP contribution in [0.25, 0.3) is 0 Å². The van der Waals surface area contributed by atoms with E-state index in [-0.39, 0.29) is 17.8 Å². The Kier molecular flexibility index (Phi) is 8.94. The third-order valence-electron chi connectivity index (χ3n) is 6.09. The monoisotopic (exact) mass is 433 g/mol. The Morgan fingerprint density at radius 2 is 1.74 bits per heavy atom. The molecule has 2 aliphatic heterocycles. The minimum Gasteiger partial charge on any atom is -0.494 e. The summed E-state index contributed by atoms with van der Waals surface area (Å²) in [4.78, 5) is 23.6. The van der Waals surface area contributed by atoms with E-state index >= 15 is 0 Å². The summed E-state index contributed by atoms with van der Waals surface area (Å²) >= 11 is 0. The average Bonchev–Trinajstić information content (AvgIpc) is 3.34. The maximum atomic E-state index is 12.9. The molecule has 1 aromatic carbocycles. The molecule has 3 rings (SSSR count). The normalized spacial score (nSPS) is 18.9. The second-order valence-electron chi connectivity index (χ2n) is 8.21. The number of hydrogen-bond acceptors (Lipinski definition) is 4. The molecular formula is C23H36FN5O2. The number of nitrogens with one attached hydrogen (secondary N) is 1. The van der Waals surface area contributed by atoms with Gasteiger partial charge in [0.25, 0.3) is 0 Å². The van der Waals surface area contributed by atoms with Crippen LogP contribution in [0.3, 0.4) is 0 Å². The maximum Gasteiger partial charge on any atom is 0.239 e. The molecule has 2 heterocycles. The van der Waals surface area contributed by atoms with Crippen molar-refractivity contribution >= 4 is 11.9 Å². The first kappa shape index (κ1) is 23.3. The van der Waals surface area contributed by atoms with Crippen molar-refractivity contribution in [2.24, 2.45) is 4.99 Å². The highest BCUT2D eigenvalue weighted by atomic mass is 19.1. The molecule has 0 spiro atoms. The number of nitrogens with zero attached hydrogens (tertiary/aromatic N) is 4. The van der Waals surface area contributed by atoms with Crippen molar-refractivity contribution in [2.45, 2.75) is 38.6 Å². The molecule has 2 saturated heterocycles. The molecule has 2 fully saturated rings. The van der Waals surface area contributed by atoms with Crippen LogP contribution in [0.4, 0.5) is 4.39 Å². The second-order valence-corrected chi connectivity index (χ2v) is 8.21. The Balaban J connectivity index is 1.31. The van der Waals surface area contributed by atoms with E-state index in [9.17, 15) is 9.18 Å². The van der Waals surface area contributed by atoms with Crippen LogP contribution < -0.4 is 10.1 Å². The van der Waals surface area contributed by atoms with Crippen LogP contribution in [-0.2, 0) is 4.79 Å². The number of unbranched alkanes of at least 4 members (excludes halogenated alkanes) is 1. The van der Waals surface area contributed by atoms with Gasteiger partial charge in [-0.3, -0.25) is 14.7 Å². The molecule has 172 valence electrons. The summed E-state index contributed by atoms with van der Waals surface area (Å²) in [5.41, 5.74) is 0. The van der Waals surface area contributed by atoms with Crippen LogP contribution in [0.2, 0.25) is 0 Å². The molecular weight excluding hydrogens is 397 g/mol. The highest BCUT2D eigenvalue weighted by Crippen LogP contribution is 2.14. The van der Waals surface area contributed by atoms with E-state index in [1.54, 1.807) is 12.1 Å². The zero-order valence-electron chi connectivity index (χ0n) is 18.9. The summed E-state index contributed by atoms with van der Waals surface area (Å²) in [5.74, 6) is 1.63. The zero-order chi connectivity index (χ0) is 22.1. The van der Waals surface area contributed by atoms with Crippen LogP contribution in [0.5, 0.6) is 5.75 Å². The van der Waals surface area contributed by atoms with E-state index in [1.165, 1.54) is 12.1 Å². The standard InChI is InChI=1S/C23H36FN5O2/c1-19(22(30)28-12-4-5-13-28)27-14-16-29(17-15-27)23(25-2)26-11-3-6-18-31-21-9-7-20(24)8-10-21/h7-10,19H,3-6,11-18H2,1-2H3,(H,25,26). The van der Waals surface area contributed by atoms with Gasteiger partial charge < -0.3 is 19.9 Å². The van der Waals surface area contributed by atoms with Crippen LogP contribution in [0.1, 0.15) is 32.6 Å². The van der Waals surface area contributed by atoms with Gasteiger partial charge in [0.2, 0.25) is 5.91 Å². The predicted octanol–water partition coefficient (Wildman–Crippen LogP) is 2.19. The Hall–Kier alpha value is -2.35.